The molecule has 1 aromatic heterocycles. The molecule has 9 nitrogen and oxygen atoms in total. The second-order valence-electron chi connectivity index (χ2n) is 6.68. The van der Waals surface area contributed by atoms with Crippen LogP contribution in [-0.4, -0.2) is 63.1 Å². The van der Waals surface area contributed by atoms with Crippen molar-refractivity contribution in [1.82, 2.24) is 30.4 Å². The average Bonchev–Trinajstić information content (AvgIpc) is 3.22. The minimum atomic E-state index is -0.583. The van der Waals surface area contributed by atoms with Crippen molar-refractivity contribution in [3.63, 3.8) is 0 Å². The van der Waals surface area contributed by atoms with Gasteiger partial charge in [0.2, 0.25) is 17.6 Å². The molecule has 1 aliphatic rings. The second-order valence-corrected chi connectivity index (χ2v) is 6.68. The van der Waals surface area contributed by atoms with Gasteiger partial charge in [-0.25, -0.2) is 0 Å². The fourth-order valence-electron chi connectivity index (χ4n) is 3.19. The number of nitrogens with one attached hydrogen (secondary N) is 1. The molecule has 1 fully saturated rings. The van der Waals surface area contributed by atoms with Crippen LogP contribution in [0.15, 0.2) is 30.3 Å². The summed E-state index contributed by atoms with van der Waals surface area (Å²) in [5.41, 5.74) is 6.27. The third kappa shape index (κ3) is 4.48. The fraction of sp³-hybridized carbons (Fsp3) is 0.500. The van der Waals surface area contributed by atoms with E-state index in [0.29, 0.717) is 32.0 Å². The average molecular weight is 371 g/mol. The SMILES string of the molecule is CC(C(=O)N1CCCC(C(=O)NCCN)C1)n1nnc(-c2ccccc2)n1. The van der Waals surface area contributed by atoms with E-state index in [0.717, 1.165) is 18.4 Å². The van der Waals surface area contributed by atoms with Gasteiger partial charge in [0, 0.05) is 31.7 Å². The molecule has 3 rings (SSSR count). The Balaban J connectivity index is 1.65. The summed E-state index contributed by atoms with van der Waals surface area (Å²) in [6.07, 6.45) is 1.56. The lowest BCUT2D eigenvalue weighted by Gasteiger charge is -2.33. The van der Waals surface area contributed by atoms with Crippen molar-refractivity contribution in [2.75, 3.05) is 26.2 Å². The normalized spacial score (nSPS) is 18.1. The van der Waals surface area contributed by atoms with Gasteiger partial charge < -0.3 is 16.0 Å². The largest absolute Gasteiger partial charge is 0.355 e. The van der Waals surface area contributed by atoms with Crippen LogP contribution in [0.5, 0.6) is 0 Å². The molecule has 1 aromatic carbocycles. The van der Waals surface area contributed by atoms with Gasteiger partial charge in [0.15, 0.2) is 0 Å². The molecule has 1 aliphatic heterocycles. The summed E-state index contributed by atoms with van der Waals surface area (Å²) in [6.45, 7) is 3.63. The Kier molecular flexibility index (Phi) is 6.12. The maximum atomic E-state index is 12.9. The first-order valence-electron chi connectivity index (χ1n) is 9.21. The van der Waals surface area contributed by atoms with E-state index in [1.807, 2.05) is 30.3 Å². The monoisotopic (exact) mass is 371 g/mol. The highest BCUT2D eigenvalue weighted by Crippen LogP contribution is 2.20. The number of piperidine rings is 1. The lowest BCUT2D eigenvalue weighted by Crippen LogP contribution is -2.48. The van der Waals surface area contributed by atoms with Crippen LogP contribution in [0.25, 0.3) is 11.4 Å². The van der Waals surface area contributed by atoms with Crippen LogP contribution in [0.2, 0.25) is 0 Å². The van der Waals surface area contributed by atoms with E-state index in [2.05, 4.69) is 20.7 Å². The fourth-order valence-corrected chi connectivity index (χ4v) is 3.19. The minimum absolute atomic E-state index is 0.0455. The molecule has 1 saturated heterocycles. The topological polar surface area (TPSA) is 119 Å². The second kappa shape index (κ2) is 8.72. The van der Waals surface area contributed by atoms with Crippen LogP contribution in [0.1, 0.15) is 25.8 Å². The molecule has 2 aromatic rings. The lowest BCUT2D eigenvalue weighted by molar-refractivity contribution is -0.138. The van der Waals surface area contributed by atoms with Crippen LogP contribution >= 0.6 is 0 Å². The predicted molar refractivity (Wildman–Crippen MR) is 99.3 cm³/mol. The third-order valence-electron chi connectivity index (χ3n) is 4.71. The molecular weight excluding hydrogens is 346 g/mol. The summed E-state index contributed by atoms with van der Waals surface area (Å²) in [6, 6.07) is 8.91. The van der Waals surface area contributed by atoms with Gasteiger partial charge in [-0.3, -0.25) is 9.59 Å². The van der Waals surface area contributed by atoms with Crippen molar-refractivity contribution in [3.05, 3.63) is 30.3 Å². The molecule has 27 heavy (non-hydrogen) atoms. The summed E-state index contributed by atoms with van der Waals surface area (Å²) in [5.74, 6) is 0.122. The Bertz CT molecular complexity index is 777. The number of carbonyl (C=O) groups is 2. The lowest BCUT2D eigenvalue weighted by atomic mass is 9.96. The van der Waals surface area contributed by atoms with Gasteiger partial charge in [0.25, 0.3) is 0 Å². The van der Waals surface area contributed by atoms with Gasteiger partial charge in [0.1, 0.15) is 6.04 Å². The Morgan fingerprint density at radius 2 is 2.11 bits per heavy atom. The number of nitrogens with zero attached hydrogens (tertiary/aromatic N) is 5. The van der Waals surface area contributed by atoms with E-state index in [1.54, 1.807) is 11.8 Å². The molecule has 144 valence electrons. The zero-order chi connectivity index (χ0) is 19.2. The standard InChI is InChI=1S/C18H25N7O2/c1-13(25-22-16(21-23-25)14-6-3-2-4-7-14)18(27)24-11-5-8-15(12-24)17(26)20-10-9-19/h2-4,6-7,13,15H,5,8-12,19H2,1H3,(H,20,26). The molecule has 0 saturated carbocycles. The number of benzene rings is 1. The zero-order valence-corrected chi connectivity index (χ0v) is 15.4. The van der Waals surface area contributed by atoms with E-state index in [9.17, 15) is 9.59 Å². The molecular formula is C18H25N7O2. The van der Waals surface area contributed by atoms with Gasteiger partial charge in [-0.2, -0.15) is 4.80 Å². The minimum Gasteiger partial charge on any atom is -0.355 e. The van der Waals surface area contributed by atoms with E-state index >= 15 is 0 Å². The van der Waals surface area contributed by atoms with E-state index in [-0.39, 0.29) is 17.7 Å². The number of nitrogens with two attached hydrogens (primary N) is 1. The van der Waals surface area contributed by atoms with E-state index < -0.39 is 6.04 Å². The number of tetrazole rings is 1. The molecule has 2 amide bonds. The smallest absolute Gasteiger partial charge is 0.249 e. The maximum Gasteiger partial charge on any atom is 0.249 e. The Labute approximate surface area is 157 Å². The zero-order valence-electron chi connectivity index (χ0n) is 15.4. The summed E-state index contributed by atoms with van der Waals surface area (Å²) in [4.78, 5) is 28.1. The van der Waals surface area contributed by atoms with Gasteiger partial charge in [-0.15, -0.1) is 10.2 Å². The molecule has 2 heterocycles. The van der Waals surface area contributed by atoms with Gasteiger partial charge in [-0.05, 0) is 25.0 Å². The first-order chi connectivity index (χ1) is 13.1. The third-order valence-corrected chi connectivity index (χ3v) is 4.71. The molecule has 0 aliphatic carbocycles. The van der Waals surface area contributed by atoms with Crippen molar-refractivity contribution in [2.45, 2.75) is 25.8 Å². The molecule has 0 spiro atoms. The number of aromatic nitrogens is 4. The van der Waals surface area contributed by atoms with Gasteiger partial charge in [0.05, 0.1) is 5.92 Å². The van der Waals surface area contributed by atoms with Gasteiger partial charge >= 0.3 is 0 Å². The van der Waals surface area contributed by atoms with Crippen LogP contribution < -0.4 is 11.1 Å². The first-order valence-corrected chi connectivity index (χ1v) is 9.21. The molecule has 9 heteroatoms. The number of carbonyl (C=O) groups excluding carboxylic acids is 2. The maximum absolute atomic E-state index is 12.9. The Morgan fingerprint density at radius 1 is 1.33 bits per heavy atom. The van der Waals surface area contributed by atoms with E-state index in [1.165, 1.54) is 4.80 Å². The van der Waals surface area contributed by atoms with Crippen LogP contribution in [-0.2, 0) is 9.59 Å². The molecule has 0 bridgehead atoms. The molecule has 3 N–H and O–H groups in total. The highest BCUT2D eigenvalue weighted by molar-refractivity contribution is 5.83. The number of amides is 2. The summed E-state index contributed by atoms with van der Waals surface area (Å²) >= 11 is 0. The van der Waals surface area contributed by atoms with Crippen LogP contribution in [0.4, 0.5) is 0 Å². The van der Waals surface area contributed by atoms with Crippen LogP contribution in [0.3, 0.4) is 0 Å². The molecule has 2 atom stereocenters. The van der Waals surface area contributed by atoms with Crippen LogP contribution in [0, 0.1) is 5.92 Å². The summed E-state index contributed by atoms with van der Waals surface area (Å²) in [7, 11) is 0. The van der Waals surface area contributed by atoms with Gasteiger partial charge in [-0.1, -0.05) is 30.3 Å². The number of rotatable bonds is 6. The Hall–Kier alpha value is -2.81. The molecule has 2 unspecified atom stereocenters. The van der Waals surface area contributed by atoms with E-state index in [4.69, 9.17) is 5.73 Å². The van der Waals surface area contributed by atoms with Crippen molar-refractivity contribution in [3.8, 4) is 11.4 Å². The summed E-state index contributed by atoms with van der Waals surface area (Å²) < 4.78 is 0. The highest BCUT2D eigenvalue weighted by atomic mass is 16.2. The van der Waals surface area contributed by atoms with Crippen molar-refractivity contribution < 1.29 is 9.59 Å². The number of hydrogen-bond donors (Lipinski definition) is 2. The predicted octanol–water partition coefficient (Wildman–Crippen LogP) is 0.215. The quantitative estimate of drug-likeness (QED) is 0.749. The Morgan fingerprint density at radius 3 is 2.85 bits per heavy atom. The summed E-state index contributed by atoms with van der Waals surface area (Å²) in [5, 5.41) is 15.2. The molecule has 0 radical (unpaired) electrons. The first kappa shape index (κ1) is 19.0. The number of likely N-dealkylation sites (tertiary alicyclic amines) is 1. The van der Waals surface area contributed by atoms with Crippen molar-refractivity contribution in [2.24, 2.45) is 11.7 Å². The number of hydrogen-bond acceptors (Lipinski definition) is 6. The highest BCUT2D eigenvalue weighted by Gasteiger charge is 2.31. The van der Waals surface area contributed by atoms with Crippen molar-refractivity contribution in [1.29, 1.82) is 0 Å². The van der Waals surface area contributed by atoms with Crippen molar-refractivity contribution >= 4 is 11.8 Å².